The molecule has 4 heteroatoms. The Balaban J connectivity index is 2.20. The van der Waals surface area contributed by atoms with Crippen molar-refractivity contribution >= 4 is 31.9 Å². The molecular formula is C16H15Br2FO. The van der Waals surface area contributed by atoms with Gasteiger partial charge in [0.05, 0.1) is 0 Å². The summed E-state index contributed by atoms with van der Waals surface area (Å²) in [6.07, 6.45) is 0. The van der Waals surface area contributed by atoms with Gasteiger partial charge in [-0.1, -0.05) is 45.7 Å². The molecule has 0 heterocycles. The van der Waals surface area contributed by atoms with E-state index < -0.39 is 0 Å². The van der Waals surface area contributed by atoms with Gasteiger partial charge in [0.2, 0.25) is 0 Å². The average Bonchev–Trinajstić information content (AvgIpc) is 2.40. The van der Waals surface area contributed by atoms with Crippen LogP contribution in [-0.4, -0.2) is 0 Å². The minimum absolute atomic E-state index is 0.215. The first kappa shape index (κ1) is 15.5. The van der Waals surface area contributed by atoms with Crippen LogP contribution in [-0.2, 0) is 6.61 Å². The molecule has 0 amide bonds. The number of benzene rings is 2. The molecule has 1 nitrogen and oxygen atoms in total. The summed E-state index contributed by atoms with van der Waals surface area (Å²) in [6, 6.07) is 10.7. The standard InChI is InChI=1S/C16H15Br2FO/c1-10(2)14-8-13(18)4-6-16(14)20-9-11-7-12(17)3-5-15(11)19/h3-8,10H,9H2,1-2H3. The van der Waals surface area contributed by atoms with Crippen molar-refractivity contribution in [2.75, 3.05) is 0 Å². The van der Waals surface area contributed by atoms with Crippen LogP contribution in [0.5, 0.6) is 5.75 Å². The molecule has 0 saturated heterocycles. The maximum Gasteiger partial charge on any atom is 0.129 e. The molecule has 0 unspecified atom stereocenters. The Morgan fingerprint density at radius 1 is 1.05 bits per heavy atom. The highest BCUT2D eigenvalue weighted by Crippen LogP contribution is 2.30. The molecule has 106 valence electrons. The second-order valence-electron chi connectivity index (χ2n) is 4.86. The first-order chi connectivity index (χ1) is 9.47. The molecule has 0 bridgehead atoms. The van der Waals surface area contributed by atoms with E-state index in [2.05, 4.69) is 45.7 Å². The van der Waals surface area contributed by atoms with Gasteiger partial charge in [-0.3, -0.25) is 0 Å². The Morgan fingerprint density at radius 2 is 1.70 bits per heavy atom. The van der Waals surface area contributed by atoms with Crippen LogP contribution in [0.15, 0.2) is 45.3 Å². The highest BCUT2D eigenvalue weighted by atomic mass is 79.9. The second kappa shape index (κ2) is 6.72. The molecule has 20 heavy (non-hydrogen) atoms. The van der Waals surface area contributed by atoms with Crippen LogP contribution in [0.4, 0.5) is 4.39 Å². The predicted octanol–water partition coefficient (Wildman–Crippen LogP) is 6.05. The van der Waals surface area contributed by atoms with E-state index in [1.54, 1.807) is 12.1 Å². The third-order valence-electron chi connectivity index (χ3n) is 2.98. The molecule has 0 aliphatic heterocycles. The van der Waals surface area contributed by atoms with Gasteiger partial charge in [0.25, 0.3) is 0 Å². The molecule has 0 fully saturated rings. The normalized spacial score (nSPS) is 10.9. The fourth-order valence-corrected chi connectivity index (χ4v) is 2.70. The minimum atomic E-state index is -0.253. The lowest BCUT2D eigenvalue weighted by Gasteiger charge is -2.15. The quantitative estimate of drug-likeness (QED) is 0.605. The van der Waals surface area contributed by atoms with Gasteiger partial charge < -0.3 is 4.74 Å². The summed E-state index contributed by atoms with van der Waals surface area (Å²) in [7, 11) is 0. The van der Waals surface area contributed by atoms with Crippen LogP contribution < -0.4 is 4.74 Å². The van der Waals surface area contributed by atoms with Gasteiger partial charge in [-0.15, -0.1) is 0 Å². The molecule has 0 aliphatic rings. The molecule has 0 N–H and O–H groups in total. The summed E-state index contributed by atoms with van der Waals surface area (Å²) in [6.45, 7) is 4.43. The Morgan fingerprint density at radius 3 is 2.40 bits per heavy atom. The second-order valence-corrected chi connectivity index (χ2v) is 6.69. The van der Waals surface area contributed by atoms with Crippen molar-refractivity contribution in [3.8, 4) is 5.75 Å². The van der Waals surface area contributed by atoms with Gasteiger partial charge in [0, 0.05) is 14.5 Å². The van der Waals surface area contributed by atoms with Crippen LogP contribution in [0.25, 0.3) is 0 Å². The van der Waals surface area contributed by atoms with Gasteiger partial charge in [-0.05, 0) is 47.9 Å². The van der Waals surface area contributed by atoms with Crippen molar-refractivity contribution < 1.29 is 9.13 Å². The molecule has 0 spiro atoms. The molecule has 0 radical (unpaired) electrons. The summed E-state index contributed by atoms with van der Waals surface area (Å²) < 4.78 is 21.3. The van der Waals surface area contributed by atoms with Crippen LogP contribution in [0.3, 0.4) is 0 Å². The molecule has 2 aromatic rings. The van der Waals surface area contributed by atoms with Crippen molar-refractivity contribution in [2.45, 2.75) is 26.4 Å². The Hall–Kier alpha value is -0.870. The molecule has 2 aromatic carbocycles. The lowest BCUT2D eigenvalue weighted by atomic mass is 10.0. The molecule has 0 atom stereocenters. The van der Waals surface area contributed by atoms with Gasteiger partial charge >= 0.3 is 0 Å². The zero-order valence-electron chi connectivity index (χ0n) is 11.3. The topological polar surface area (TPSA) is 9.23 Å². The molecule has 0 aromatic heterocycles. The smallest absolute Gasteiger partial charge is 0.129 e. The van der Waals surface area contributed by atoms with Crippen LogP contribution in [0.2, 0.25) is 0 Å². The number of hydrogen-bond donors (Lipinski definition) is 0. The maximum absolute atomic E-state index is 13.7. The lowest BCUT2D eigenvalue weighted by Crippen LogP contribution is -2.02. The van der Waals surface area contributed by atoms with Gasteiger partial charge in [-0.2, -0.15) is 0 Å². The third-order valence-corrected chi connectivity index (χ3v) is 3.97. The summed E-state index contributed by atoms with van der Waals surface area (Å²) in [5.74, 6) is 0.883. The minimum Gasteiger partial charge on any atom is -0.489 e. The highest BCUT2D eigenvalue weighted by molar-refractivity contribution is 9.10. The van der Waals surface area contributed by atoms with Gasteiger partial charge in [0.15, 0.2) is 0 Å². The summed E-state index contributed by atoms with van der Waals surface area (Å²) >= 11 is 6.80. The van der Waals surface area contributed by atoms with Crippen LogP contribution in [0.1, 0.15) is 30.9 Å². The number of ether oxygens (including phenoxy) is 1. The first-order valence-electron chi connectivity index (χ1n) is 6.33. The van der Waals surface area contributed by atoms with E-state index in [1.165, 1.54) is 6.07 Å². The Bertz CT molecular complexity index is 611. The fraction of sp³-hybridized carbons (Fsp3) is 0.250. The molecular weight excluding hydrogens is 387 g/mol. The number of rotatable bonds is 4. The van der Waals surface area contributed by atoms with E-state index in [4.69, 9.17) is 4.74 Å². The summed E-state index contributed by atoms with van der Waals surface area (Å²) in [5, 5.41) is 0. The van der Waals surface area contributed by atoms with Crippen molar-refractivity contribution in [2.24, 2.45) is 0 Å². The molecule has 0 aliphatic carbocycles. The lowest BCUT2D eigenvalue weighted by molar-refractivity contribution is 0.295. The number of hydrogen-bond acceptors (Lipinski definition) is 1. The van der Waals surface area contributed by atoms with E-state index in [0.29, 0.717) is 11.5 Å². The average molecular weight is 402 g/mol. The van der Waals surface area contributed by atoms with Crippen molar-refractivity contribution in [1.29, 1.82) is 0 Å². The Kier molecular flexibility index (Phi) is 5.22. The van der Waals surface area contributed by atoms with E-state index in [1.807, 2.05) is 18.2 Å². The maximum atomic E-state index is 13.7. The fourth-order valence-electron chi connectivity index (χ4n) is 1.91. The molecule has 2 rings (SSSR count). The van der Waals surface area contributed by atoms with E-state index >= 15 is 0 Å². The first-order valence-corrected chi connectivity index (χ1v) is 7.92. The third kappa shape index (κ3) is 3.83. The van der Waals surface area contributed by atoms with Gasteiger partial charge in [0.1, 0.15) is 18.2 Å². The van der Waals surface area contributed by atoms with E-state index in [-0.39, 0.29) is 12.4 Å². The van der Waals surface area contributed by atoms with E-state index in [9.17, 15) is 4.39 Å². The monoisotopic (exact) mass is 400 g/mol. The SMILES string of the molecule is CC(C)c1cc(Br)ccc1OCc1cc(Br)ccc1F. The predicted molar refractivity (Wildman–Crippen MR) is 86.7 cm³/mol. The highest BCUT2D eigenvalue weighted by Gasteiger charge is 2.10. The largest absolute Gasteiger partial charge is 0.489 e. The van der Waals surface area contributed by atoms with Crippen molar-refractivity contribution in [3.05, 3.63) is 62.3 Å². The summed E-state index contributed by atoms with van der Waals surface area (Å²) in [4.78, 5) is 0. The zero-order valence-corrected chi connectivity index (χ0v) is 14.5. The van der Waals surface area contributed by atoms with Crippen molar-refractivity contribution in [1.82, 2.24) is 0 Å². The van der Waals surface area contributed by atoms with Gasteiger partial charge in [-0.25, -0.2) is 4.39 Å². The van der Waals surface area contributed by atoms with Crippen molar-refractivity contribution in [3.63, 3.8) is 0 Å². The van der Waals surface area contributed by atoms with Crippen LogP contribution in [0, 0.1) is 5.82 Å². The zero-order chi connectivity index (χ0) is 14.7. The number of halogens is 3. The van der Waals surface area contributed by atoms with E-state index in [0.717, 1.165) is 20.3 Å². The summed E-state index contributed by atoms with van der Waals surface area (Å²) in [5.41, 5.74) is 1.65. The van der Waals surface area contributed by atoms with Crippen LogP contribution >= 0.6 is 31.9 Å². The Labute approximate surface area is 135 Å². The molecule has 0 saturated carbocycles.